The highest BCUT2D eigenvalue weighted by atomic mass is 17.0. The summed E-state index contributed by atoms with van der Waals surface area (Å²) in [7, 11) is 0. The Labute approximate surface area is 153 Å². The van der Waals surface area contributed by atoms with Gasteiger partial charge in [0.1, 0.15) is 21.9 Å². The Morgan fingerprint density at radius 3 is 1.78 bits per heavy atom. The van der Waals surface area contributed by atoms with E-state index < -0.39 is 50.1 Å². The lowest BCUT2D eigenvalue weighted by Crippen LogP contribution is -2.64. The van der Waals surface area contributed by atoms with Gasteiger partial charge in [0, 0.05) is 15.8 Å². The molecule has 0 aromatic rings. The summed E-state index contributed by atoms with van der Waals surface area (Å²) >= 11 is 0. The SMILES string of the molecule is O=[N+]([O-])CC1(ON2OC3(CCC34CC4)CC2([N+](=O)[O-])[N+](=O)[O-])CCC12CC2. The second kappa shape index (κ2) is 4.73. The fourth-order valence-corrected chi connectivity index (χ4v) is 5.56. The monoisotopic (exact) mass is 384 g/mol. The van der Waals surface area contributed by atoms with Gasteiger partial charge in [-0.05, 0) is 51.4 Å². The molecule has 3 spiro atoms. The smallest absolute Gasteiger partial charge is 0.264 e. The lowest BCUT2D eigenvalue weighted by atomic mass is 9.64. The highest BCUT2D eigenvalue weighted by Gasteiger charge is 2.85. The largest absolute Gasteiger partial charge is 0.569 e. The minimum atomic E-state index is -2.77. The fourth-order valence-electron chi connectivity index (χ4n) is 5.56. The summed E-state index contributed by atoms with van der Waals surface area (Å²) in [5.41, 5.74) is -2.94. The van der Waals surface area contributed by atoms with Gasteiger partial charge in [-0.1, -0.05) is 0 Å². The number of hydrogen-bond acceptors (Lipinski definition) is 9. The molecule has 12 nitrogen and oxygen atoms in total. The first-order valence-corrected chi connectivity index (χ1v) is 9.24. The van der Waals surface area contributed by atoms with Crippen molar-refractivity contribution in [3.63, 3.8) is 0 Å². The zero-order valence-electron chi connectivity index (χ0n) is 14.6. The van der Waals surface area contributed by atoms with E-state index in [2.05, 4.69) is 0 Å². The zero-order chi connectivity index (χ0) is 19.3. The van der Waals surface area contributed by atoms with Gasteiger partial charge in [0.15, 0.2) is 5.60 Å². The quantitative estimate of drug-likeness (QED) is 0.378. The molecule has 5 rings (SSSR count). The van der Waals surface area contributed by atoms with Gasteiger partial charge >= 0.3 is 5.79 Å². The average Bonchev–Trinajstić information content (AvgIpc) is 3.47. The van der Waals surface area contributed by atoms with Gasteiger partial charge in [0.25, 0.3) is 0 Å². The molecule has 148 valence electrons. The molecule has 5 fully saturated rings. The predicted octanol–water partition coefficient (Wildman–Crippen LogP) is 1.66. The Hall–Kier alpha value is -1.92. The molecule has 27 heavy (non-hydrogen) atoms. The third kappa shape index (κ3) is 1.88. The zero-order valence-corrected chi connectivity index (χ0v) is 14.6. The van der Waals surface area contributed by atoms with E-state index in [4.69, 9.17) is 9.68 Å². The van der Waals surface area contributed by atoms with E-state index >= 15 is 0 Å². The van der Waals surface area contributed by atoms with E-state index in [1.807, 2.05) is 0 Å². The Morgan fingerprint density at radius 2 is 1.41 bits per heavy atom. The van der Waals surface area contributed by atoms with Crippen LogP contribution >= 0.6 is 0 Å². The Morgan fingerprint density at radius 1 is 0.852 bits per heavy atom. The topological polar surface area (TPSA) is 151 Å². The van der Waals surface area contributed by atoms with Crippen LogP contribution in [0, 0.1) is 41.2 Å². The first kappa shape index (κ1) is 17.2. The number of nitrogens with zero attached hydrogens (tertiary/aromatic N) is 4. The summed E-state index contributed by atoms with van der Waals surface area (Å²) in [6, 6.07) is 0. The van der Waals surface area contributed by atoms with E-state index in [0.29, 0.717) is 37.3 Å². The van der Waals surface area contributed by atoms with Crippen molar-refractivity contribution in [1.82, 2.24) is 5.23 Å². The first-order valence-electron chi connectivity index (χ1n) is 9.24. The van der Waals surface area contributed by atoms with E-state index in [-0.39, 0.29) is 5.41 Å². The number of rotatable bonds is 6. The van der Waals surface area contributed by atoms with Gasteiger partial charge in [-0.2, -0.15) is 0 Å². The van der Waals surface area contributed by atoms with Crippen molar-refractivity contribution in [2.24, 2.45) is 10.8 Å². The van der Waals surface area contributed by atoms with E-state index in [0.717, 1.165) is 19.3 Å². The molecule has 4 saturated carbocycles. The minimum absolute atomic E-state index is 0.254. The fraction of sp³-hybridized carbons (Fsp3) is 1.00. The molecule has 0 N–H and O–H groups in total. The van der Waals surface area contributed by atoms with Gasteiger partial charge in [-0.3, -0.25) is 35.2 Å². The molecule has 1 heterocycles. The van der Waals surface area contributed by atoms with Crippen molar-refractivity contribution in [3.05, 3.63) is 30.3 Å². The van der Waals surface area contributed by atoms with E-state index in [9.17, 15) is 30.3 Å². The lowest BCUT2D eigenvalue weighted by Gasteiger charge is -2.48. The molecular formula is C15H20N4O8. The molecule has 0 aromatic carbocycles. The summed E-state index contributed by atoms with van der Waals surface area (Å²) in [6.07, 6.45) is 5.01. The van der Waals surface area contributed by atoms with Crippen LogP contribution in [0.25, 0.3) is 0 Å². The van der Waals surface area contributed by atoms with Crippen LogP contribution in [-0.4, -0.2) is 43.5 Å². The van der Waals surface area contributed by atoms with E-state index in [1.165, 1.54) is 0 Å². The van der Waals surface area contributed by atoms with Crippen LogP contribution in [0.1, 0.15) is 57.8 Å². The molecule has 0 aromatic heterocycles. The second-order valence-electron chi connectivity index (χ2n) is 8.95. The summed E-state index contributed by atoms with van der Waals surface area (Å²) in [5, 5.41) is 35.4. The maximum atomic E-state index is 11.9. The van der Waals surface area contributed by atoms with Crippen LogP contribution < -0.4 is 0 Å². The maximum Gasteiger partial charge on any atom is 0.569 e. The Balaban J connectivity index is 1.52. The number of hydrogen-bond donors (Lipinski definition) is 0. The van der Waals surface area contributed by atoms with Crippen LogP contribution in [0.4, 0.5) is 0 Å². The third-order valence-electron chi connectivity index (χ3n) is 7.95. The summed E-state index contributed by atoms with van der Waals surface area (Å²) < 4.78 is 0. The second-order valence-corrected chi connectivity index (χ2v) is 8.95. The molecule has 4 aliphatic carbocycles. The van der Waals surface area contributed by atoms with Crippen molar-refractivity contribution in [3.8, 4) is 0 Å². The normalized spacial score (nSPS) is 39.1. The van der Waals surface area contributed by atoms with Crippen molar-refractivity contribution in [2.75, 3.05) is 6.54 Å². The van der Waals surface area contributed by atoms with Gasteiger partial charge in [-0.25, -0.2) is 4.84 Å². The molecule has 5 aliphatic rings. The molecule has 0 radical (unpaired) electrons. The minimum Gasteiger partial charge on any atom is -0.264 e. The number of fused-ring (bicyclic) bond motifs is 1. The first-order chi connectivity index (χ1) is 12.7. The number of nitro groups is 3. The van der Waals surface area contributed by atoms with Gasteiger partial charge in [0.2, 0.25) is 6.54 Å². The molecule has 1 aliphatic heterocycles. The highest BCUT2D eigenvalue weighted by Crippen LogP contribution is 2.74. The molecule has 2 unspecified atom stereocenters. The van der Waals surface area contributed by atoms with Crippen molar-refractivity contribution in [2.45, 2.75) is 74.8 Å². The Bertz CT molecular complexity index is 751. The van der Waals surface area contributed by atoms with Crippen LogP contribution in [0.15, 0.2) is 0 Å². The van der Waals surface area contributed by atoms with Crippen molar-refractivity contribution >= 4 is 0 Å². The maximum absolute atomic E-state index is 11.9. The van der Waals surface area contributed by atoms with Crippen molar-refractivity contribution in [1.29, 1.82) is 0 Å². The van der Waals surface area contributed by atoms with Gasteiger partial charge < -0.3 is 0 Å². The molecule has 2 atom stereocenters. The van der Waals surface area contributed by atoms with Gasteiger partial charge in [-0.15, -0.1) is 0 Å². The third-order valence-corrected chi connectivity index (χ3v) is 7.95. The lowest BCUT2D eigenvalue weighted by molar-refractivity contribution is -0.854. The van der Waals surface area contributed by atoms with Crippen molar-refractivity contribution < 1.29 is 24.4 Å². The molecule has 0 amide bonds. The van der Waals surface area contributed by atoms with E-state index in [1.54, 1.807) is 0 Å². The number of hydroxylamine groups is 2. The molecule has 0 bridgehead atoms. The van der Waals surface area contributed by atoms with Crippen LogP contribution in [0.3, 0.4) is 0 Å². The Kier molecular flexibility index (Phi) is 3.01. The average molecular weight is 384 g/mol. The standard InChI is InChI=1S/C15H20N4O8/c20-16(21)10-14(8-6-12(14)3-4-12)27-19-15(17(22)23,18(24)25)9-13(26-19)7-5-11(13)1-2-11/h1-10H2. The summed E-state index contributed by atoms with van der Waals surface area (Å²) in [4.78, 5) is 44.1. The highest BCUT2D eigenvalue weighted by molar-refractivity contribution is 5.20. The predicted molar refractivity (Wildman–Crippen MR) is 84.5 cm³/mol. The molecule has 12 heteroatoms. The molecule has 1 saturated heterocycles. The summed E-state index contributed by atoms with van der Waals surface area (Å²) in [6.45, 7) is -0.545. The van der Waals surface area contributed by atoms with Crippen LogP contribution in [0.5, 0.6) is 0 Å². The van der Waals surface area contributed by atoms with Gasteiger partial charge in [0.05, 0.1) is 5.23 Å². The summed E-state index contributed by atoms with van der Waals surface area (Å²) in [5.74, 6) is -2.77. The van der Waals surface area contributed by atoms with Crippen LogP contribution in [0.2, 0.25) is 0 Å². The van der Waals surface area contributed by atoms with Crippen LogP contribution in [-0.2, 0) is 9.68 Å². The molecular weight excluding hydrogens is 364 g/mol.